The highest BCUT2D eigenvalue weighted by Crippen LogP contribution is 2.29. The monoisotopic (exact) mass is 395 g/mol. The molecule has 0 amide bonds. The number of hydrogen-bond donors (Lipinski definition) is 0. The van der Waals surface area contributed by atoms with Crippen LogP contribution in [0.4, 0.5) is 0 Å². The van der Waals surface area contributed by atoms with Crippen molar-refractivity contribution < 1.29 is 14.3 Å². The molecule has 29 heavy (non-hydrogen) atoms. The molecule has 0 heterocycles. The number of hydrogen-bond acceptors (Lipinski definition) is 4. The highest BCUT2D eigenvalue weighted by molar-refractivity contribution is 6.03. The summed E-state index contributed by atoms with van der Waals surface area (Å²) in [6.45, 7) is 13.5. The zero-order chi connectivity index (χ0) is 21.4. The topological polar surface area (TPSA) is 40.0 Å². The van der Waals surface area contributed by atoms with Gasteiger partial charge in [0.1, 0.15) is 31.8 Å². The molecule has 2 aromatic carbocycles. The average molecular weight is 396 g/mol. The Morgan fingerprint density at radius 1 is 1.03 bits per heavy atom. The molecule has 0 saturated heterocycles. The lowest BCUT2D eigenvalue weighted by atomic mass is 9.85. The Morgan fingerprint density at radius 3 is 2.31 bits per heavy atom. The predicted molar refractivity (Wildman–Crippen MR) is 120 cm³/mol. The lowest BCUT2D eigenvalue weighted by Crippen LogP contribution is -2.22. The first-order valence-corrected chi connectivity index (χ1v) is 9.95. The molecule has 0 saturated carbocycles. The van der Waals surface area contributed by atoms with Crippen LogP contribution in [0.1, 0.15) is 49.9 Å². The molecule has 0 unspecified atom stereocenters. The minimum absolute atomic E-state index is 0.120. The lowest BCUT2D eigenvalue weighted by Gasteiger charge is -2.21. The second-order valence-corrected chi connectivity index (χ2v) is 8.13. The first kappa shape index (κ1) is 22.5. The Balaban J connectivity index is 2.17. The summed E-state index contributed by atoms with van der Waals surface area (Å²) >= 11 is 0. The standard InChI is InChI=1S/C25H33NO3/c1-8-9-13-28-22-14-18(2)23(19(3)15-22)29-17-20-11-10-12-21(16-20)24(26-27-7)25(4,5)6/h8-12,14-16H,13,17H2,1-7H3/b9-8+,26-24?. The molecule has 4 heteroatoms. The number of rotatable bonds is 8. The fourth-order valence-electron chi connectivity index (χ4n) is 3.14. The first-order chi connectivity index (χ1) is 13.8. The van der Waals surface area contributed by atoms with Crippen molar-refractivity contribution in [3.8, 4) is 11.5 Å². The van der Waals surface area contributed by atoms with Crippen molar-refractivity contribution in [2.45, 2.75) is 48.1 Å². The third-order valence-electron chi connectivity index (χ3n) is 4.49. The SMILES string of the molecule is C/C=C/COc1cc(C)c(OCc2cccc(C(=NOC)C(C)(C)C)c2)c(C)c1. The number of allylic oxidation sites excluding steroid dienone is 1. The molecule has 0 atom stereocenters. The van der Waals surface area contributed by atoms with E-state index in [4.69, 9.17) is 14.3 Å². The molecule has 0 radical (unpaired) electrons. The van der Waals surface area contributed by atoms with Crippen molar-refractivity contribution in [3.63, 3.8) is 0 Å². The van der Waals surface area contributed by atoms with E-state index in [1.807, 2.05) is 51.1 Å². The minimum atomic E-state index is -0.120. The van der Waals surface area contributed by atoms with Crippen molar-refractivity contribution >= 4 is 5.71 Å². The highest BCUT2D eigenvalue weighted by Gasteiger charge is 2.22. The van der Waals surface area contributed by atoms with Gasteiger partial charge in [-0.3, -0.25) is 0 Å². The molecule has 0 aliphatic rings. The van der Waals surface area contributed by atoms with E-state index in [0.717, 1.165) is 39.5 Å². The van der Waals surface area contributed by atoms with E-state index in [2.05, 4.69) is 44.1 Å². The Bertz CT molecular complexity index is 853. The third kappa shape index (κ3) is 6.38. The maximum atomic E-state index is 6.17. The molecule has 0 aromatic heterocycles. The van der Waals surface area contributed by atoms with E-state index in [9.17, 15) is 0 Å². The van der Waals surface area contributed by atoms with Gasteiger partial charge in [0.2, 0.25) is 0 Å². The predicted octanol–water partition coefficient (Wildman–Crippen LogP) is 6.23. The smallest absolute Gasteiger partial charge is 0.125 e. The van der Waals surface area contributed by atoms with Crippen molar-refractivity contribution in [2.24, 2.45) is 10.6 Å². The van der Waals surface area contributed by atoms with E-state index in [-0.39, 0.29) is 5.41 Å². The average Bonchev–Trinajstić information content (AvgIpc) is 2.65. The van der Waals surface area contributed by atoms with Gasteiger partial charge in [-0.1, -0.05) is 56.3 Å². The second-order valence-electron chi connectivity index (χ2n) is 8.13. The number of oxime groups is 1. The maximum absolute atomic E-state index is 6.17. The third-order valence-corrected chi connectivity index (χ3v) is 4.49. The Hall–Kier alpha value is -2.75. The van der Waals surface area contributed by atoms with Gasteiger partial charge in [0.05, 0.1) is 5.71 Å². The lowest BCUT2D eigenvalue weighted by molar-refractivity contribution is 0.209. The van der Waals surface area contributed by atoms with Gasteiger partial charge in [-0.15, -0.1) is 0 Å². The molecular weight excluding hydrogens is 362 g/mol. The molecule has 156 valence electrons. The number of benzene rings is 2. The molecule has 0 spiro atoms. The summed E-state index contributed by atoms with van der Waals surface area (Å²) in [6.07, 6.45) is 3.97. The van der Waals surface area contributed by atoms with Gasteiger partial charge in [0.25, 0.3) is 0 Å². The molecular formula is C25H33NO3. The molecule has 0 bridgehead atoms. The molecule has 0 aliphatic carbocycles. The van der Waals surface area contributed by atoms with Crippen LogP contribution >= 0.6 is 0 Å². The molecule has 2 rings (SSSR count). The Kier molecular flexibility index (Phi) is 7.89. The quantitative estimate of drug-likeness (QED) is 0.302. The van der Waals surface area contributed by atoms with Crippen LogP contribution in [0.5, 0.6) is 11.5 Å². The summed E-state index contributed by atoms with van der Waals surface area (Å²) in [7, 11) is 1.58. The summed E-state index contributed by atoms with van der Waals surface area (Å²) in [4.78, 5) is 5.07. The largest absolute Gasteiger partial charge is 0.490 e. The van der Waals surface area contributed by atoms with Gasteiger partial charge in [0.15, 0.2) is 0 Å². The molecule has 2 aromatic rings. The van der Waals surface area contributed by atoms with E-state index in [1.165, 1.54) is 0 Å². The van der Waals surface area contributed by atoms with Gasteiger partial charge >= 0.3 is 0 Å². The van der Waals surface area contributed by atoms with Gasteiger partial charge in [-0.2, -0.15) is 0 Å². The second kappa shape index (κ2) is 10.1. The van der Waals surface area contributed by atoms with E-state index in [0.29, 0.717) is 13.2 Å². The summed E-state index contributed by atoms with van der Waals surface area (Å²) in [5, 5.41) is 4.25. The minimum Gasteiger partial charge on any atom is -0.490 e. The van der Waals surface area contributed by atoms with Crippen molar-refractivity contribution in [1.82, 2.24) is 0 Å². The zero-order valence-electron chi connectivity index (χ0n) is 18.7. The van der Waals surface area contributed by atoms with Crippen LogP contribution in [0.2, 0.25) is 0 Å². The van der Waals surface area contributed by atoms with Crippen LogP contribution in [-0.2, 0) is 11.4 Å². The molecule has 4 nitrogen and oxygen atoms in total. The Labute approximate surface area is 175 Å². The summed E-state index contributed by atoms with van der Waals surface area (Å²) < 4.78 is 11.9. The highest BCUT2D eigenvalue weighted by atomic mass is 16.6. The van der Waals surface area contributed by atoms with Crippen LogP contribution in [0, 0.1) is 19.3 Å². The summed E-state index contributed by atoms with van der Waals surface area (Å²) in [6, 6.07) is 12.3. The Morgan fingerprint density at radius 2 is 1.72 bits per heavy atom. The maximum Gasteiger partial charge on any atom is 0.125 e. The van der Waals surface area contributed by atoms with E-state index in [1.54, 1.807) is 7.11 Å². The molecule has 0 N–H and O–H groups in total. The van der Waals surface area contributed by atoms with Crippen LogP contribution in [-0.4, -0.2) is 19.4 Å². The van der Waals surface area contributed by atoms with Gasteiger partial charge in [-0.25, -0.2) is 0 Å². The van der Waals surface area contributed by atoms with Crippen LogP contribution in [0.3, 0.4) is 0 Å². The number of ether oxygens (including phenoxy) is 2. The fraction of sp³-hybridized carbons (Fsp3) is 0.400. The summed E-state index contributed by atoms with van der Waals surface area (Å²) in [5.74, 6) is 1.76. The first-order valence-electron chi connectivity index (χ1n) is 9.95. The molecule has 0 aliphatic heterocycles. The van der Waals surface area contributed by atoms with Crippen molar-refractivity contribution in [3.05, 3.63) is 70.8 Å². The van der Waals surface area contributed by atoms with Gasteiger partial charge < -0.3 is 14.3 Å². The van der Waals surface area contributed by atoms with Crippen molar-refractivity contribution in [2.75, 3.05) is 13.7 Å². The van der Waals surface area contributed by atoms with Crippen LogP contribution in [0.15, 0.2) is 53.7 Å². The fourth-order valence-corrected chi connectivity index (χ4v) is 3.14. The zero-order valence-corrected chi connectivity index (χ0v) is 18.7. The normalized spacial score (nSPS) is 12.3. The molecule has 0 fully saturated rings. The van der Waals surface area contributed by atoms with Crippen LogP contribution in [0.25, 0.3) is 0 Å². The van der Waals surface area contributed by atoms with E-state index < -0.39 is 0 Å². The summed E-state index contributed by atoms with van der Waals surface area (Å²) in [5.41, 5.74) is 5.05. The van der Waals surface area contributed by atoms with Gasteiger partial charge in [-0.05, 0) is 55.7 Å². The van der Waals surface area contributed by atoms with Crippen molar-refractivity contribution in [1.29, 1.82) is 0 Å². The van der Waals surface area contributed by atoms with E-state index >= 15 is 0 Å². The number of aryl methyl sites for hydroxylation is 2. The number of nitrogens with zero attached hydrogens (tertiary/aromatic N) is 1. The van der Waals surface area contributed by atoms with Crippen LogP contribution < -0.4 is 9.47 Å². The van der Waals surface area contributed by atoms with Gasteiger partial charge in [0, 0.05) is 11.0 Å².